The summed E-state index contributed by atoms with van der Waals surface area (Å²) < 4.78 is 0. The van der Waals surface area contributed by atoms with Gasteiger partial charge in [0.2, 0.25) is 5.91 Å². The van der Waals surface area contributed by atoms with Crippen molar-refractivity contribution in [2.45, 2.75) is 25.7 Å². The number of piperidine rings is 1. The molecule has 3 amide bonds. The van der Waals surface area contributed by atoms with Gasteiger partial charge in [-0.15, -0.1) is 0 Å². The van der Waals surface area contributed by atoms with Gasteiger partial charge < -0.3 is 15.5 Å². The van der Waals surface area contributed by atoms with E-state index in [2.05, 4.69) is 0 Å². The van der Waals surface area contributed by atoms with E-state index >= 15 is 0 Å². The average molecular weight is 426 g/mol. The van der Waals surface area contributed by atoms with Crippen molar-refractivity contribution in [3.8, 4) is 0 Å². The van der Waals surface area contributed by atoms with Gasteiger partial charge >= 0.3 is 0 Å². The van der Waals surface area contributed by atoms with Crippen molar-refractivity contribution in [3.63, 3.8) is 0 Å². The Morgan fingerprint density at radius 1 is 0.933 bits per heavy atom. The summed E-state index contributed by atoms with van der Waals surface area (Å²) in [5, 5.41) is 0.527. The second-order valence-corrected chi connectivity index (χ2v) is 8.32. The van der Waals surface area contributed by atoms with Crippen LogP contribution in [0.4, 0.5) is 5.69 Å². The summed E-state index contributed by atoms with van der Waals surface area (Å²) in [7, 11) is 0. The zero-order valence-electron chi connectivity index (χ0n) is 16.6. The first-order valence-corrected chi connectivity index (χ1v) is 10.6. The van der Waals surface area contributed by atoms with Crippen LogP contribution in [0.2, 0.25) is 5.02 Å². The number of rotatable bonds is 3. The maximum absolute atomic E-state index is 13.0. The van der Waals surface area contributed by atoms with Crippen molar-refractivity contribution in [3.05, 3.63) is 64.2 Å². The molecule has 0 unspecified atom stereocenters. The fraction of sp³-hybridized carbons (Fsp3) is 0.348. The maximum Gasteiger partial charge on any atom is 0.258 e. The first-order chi connectivity index (χ1) is 14.4. The standard InChI is InChI=1S/C23H24ClN3O3/c24-19-5-1-3-17(14-19)23(30)27-10-2-4-16-13-18(6-7-20(16)27)22(29)26-11-8-15(9-12-26)21(25)28/h1,3,5-7,13-15H,2,4,8-12H2,(H2,25,28). The average Bonchev–Trinajstić information content (AvgIpc) is 2.77. The highest BCUT2D eigenvalue weighted by atomic mass is 35.5. The number of carbonyl (C=O) groups is 3. The minimum absolute atomic E-state index is 0.0426. The molecule has 2 heterocycles. The Balaban J connectivity index is 1.53. The molecule has 2 aliphatic heterocycles. The van der Waals surface area contributed by atoms with Crippen LogP contribution in [-0.2, 0) is 11.2 Å². The van der Waals surface area contributed by atoms with Crippen LogP contribution in [0, 0.1) is 5.92 Å². The molecule has 6 nitrogen and oxygen atoms in total. The molecular formula is C23H24ClN3O3. The predicted octanol–water partition coefficient (Wildman–Crippen LogP) is 3.27. The number of fused-ring (bicyclic) bond motifs is 1. The summed E-state index contributed by atoms with van der Waals surface area (Å²) in [6, 6.07) is 12.5. The number of amides is 3. The largest absolute Gasteiger partial charge is 0.369 e. The van der Waals surface area contributed by atoms with Gasteiger partial charge in [0.25, 0.3) is 11.8 Å². The number of carbonyl (C=O) groups excluding carboxylic acids is 3. The zero-order chi connectivity index (χ0) is 21.3. The Morgan fingerprint density at radius 3 is 2.37 bits per heavy atom. The molecule has 0 radical (unpaired) electrons. The monoisotopic (exact) mass is 425 g/mol. The Labute approximate surface area is 180 Å². The number of likely N-dealkylation sites (tertiary alicyclic amines) is 1. The summed E-state index contributed by atoms with van der Waals surface area (Å²) in [6.07, 6.45) is 2.86. The van der Waals surface area contributed by atoms with Gasteiger partial charge in [0.15, 0.2) is 0 Å². The van der Waals surface area contributed by atoms with Crippen LogP contribution in [0.3, 0.4) is 0 Å². The number of hydrogen-bond acceptors (Lipinski definition) is 3. The molecule has 0 bridgehead atoms. The highest BCUT2D eigenvalue weighted by molar-refractivity contribution is 6.31. The van der Waals surface area contributed by atoms with Gasteiger partial charge in [-0.2, -0.15) is 0 Å². The molecule has 1 saturated heterocycles. The summed E-state index contributed by atoms with van der Waals surface area (Å²) in [5.74, 6) is -0.575. The zero-order valence-corrected chi connectivity index (χ0v) is 17.4. The van der Waals surface area contributed by atoms with E-state index in [0.717, 1.165) is 24.1 Å². The highest BCUT2D eigenvalue weighted by Gasteiger charge is 2.28. The van der Waals surface area contributed by atoms with E-state index < -0.39 is 0 Å². The van der Waals surface area contributed by atoms with E-state index in [-0.39, 0.29) is 23.6 Å². The van der Waals surface area contributed by atoms with E-state index in [4.69, 9.17) is 17.3 Å². The van der Waals surface area contributed by atoms with Gasteiger partial charge in [-0.3, -0.25) is 14.4 Å². The lowest BCUT2D eigenvalue weighted by molar-refractivity contribution is -0.123. The van der Waals surface area contributed by atoms with Gasteiger partial charge in [0.05, 0.1) is 0 Å². The molecule has 0 spiro atoms. The second-order valence-electron chi connectivity index (χ2n) is 7.88. The van der Waals surface area contributed by atoms with Crippen molar-refractivity contribution >= 4 is 35.0 Å². The summed E-state index contributed by atoms with van der Waals surface area (Å²) in [4.78, 5) is 40.9. The first-order valence-electron chi connectivity index (χ1n) is 10.2. The molecule has 7 heteroatoms. The number of anilines is 1. The smallest absolute Gasteiger partial charge is 0.258 e. The molecule has 0 aromatic heterocycles. The predicted molar refractivity (Wildman–Crippen MR) is 116 cm³/mol. The normalized spacial score (nSPS) is 16.8. The van der Waals surface area contributed by atoms with Gasteiger partial charge in [-0.25, -0.2) is 0 Å². The van der Waals surface area contributed by atoms with Gasteiger partial charge in [-0.1, -0.05) is 17.7 Å². The minimum Gasteiger partial charge on any atom is -0.369 e. The van der Waals surface area contributed by atoms with Crippen LogP contribution in [0.5, 0.6) is 0 Å². The molecule has 4 rings (SSSR count). The lowest BCUT2D eigenvalue weighted by Gasteiger charge is -2.32. The summed E-state index contributed by atoms with van der Waals surface area (Å²) in [5.41, 5.74) is 8.38. The quantitative estimate of drug-likeness (QED) is 0.819. The van der Waals surface area contributed by atoms with Crippen LogP contribution in [-0.4, -0.2) is 42.3 Å². The van der Waals surface area contributed by atoms with Crippen LogP contribution in [0.25, 0.3) is 0 Å². The third-order valence-electron chi connectivity index (χ3n) is 5.95. The minimum atomic E-state index is -0.291. The number of primary amides is 1. The molecule has 1 fully saturated rings. The molecule has 156 valence electrons. The summed E-state index contributed by atoms with van der Waals surface area (Å²) >= 11 is 6.05. The van der Waals surface area contributed by atoms with E-state index in [9.17, 15) is 14.4 Å². The van der Waals surface area contributed by atoms with Crippen molar-refractivity contribution in [2.24, 2.45) is 11.7 Å². The van der Waals surface area contributed by atoms with Crippen molar-refractivity contribution in [2.75, 3.05) is 24.5 Å². The molecular weight excluding hydrogens is 402 g/mol. The molecule has 2 aromatic carbocycles. The lowest BCUT2D eigenvalue weighted by Crippen LogP contribution is -2.41. The fourth-order valence-corrected chi connectivity index (χ4v) is 4.46. The van der Waals surface area contributed by atoms with Crippen LogP contribution in [0.1, 0.15) is 45.5 Å². The number of halogens is 1. The maximum atomic E-state index is 13.0. The molecule has 2 N–H and O–H groups in total. The van der Waals surface area contributed by atoms with Gasteiger partial charge in [-0.05, 0) is 67.6 Å². The highest BCUT2D eigenvalue weighted by Crippen LogP contribution is 2.30. The van der Waals surface area contributed by atoms with E-state index in [1.807, 2.05) is 12.1 Å². The number of nitrogens with two attached hydrogens (primary N) is 1. The topological polar surface area (TPSA) is 83.7 Å². The molecule has 0 aliphatic carbocycles. The van der Waals surface area contributed by atoms with Crippen molar-refractivity contribution in [1.82, 2.24) is 4.90 Å². The Hall–Kier alpha value is -2.86. The van der Waals surface area contributed by atoms with Crippen LogP contribution >= 0.6 is 11.6 Å². The molecule has 2 aromatic rings. The number of hydrogen-bond donors (Lipinski definition) is 1. The Kier molecular flexibility index (Phi) is 5.77. The number of nitrogens with zero attached hydrogens (tertiary/aromatic N) is 2. The lowest BCUT2D eigenvalue weighted by atomic mass is 9.95. The van der Waals surface area contributed by atoms with Crippen molar-refractivity contribution < 1.29 is 14.4 Å². The van der Waals surface area contributed by atoms with E-state index in [0.29, 0.717) is 48.6 Å². The van der Waals surface area contributed by atoms with Gasteiger partial charge in [0, 0.05) is 47.4 Å². The summed E-state index contributed by atoms with van der Waals surface area (Å²) in [6.45, 7) is 1.69. The van der Waals surface area contributed by atoms with E-state index in [1.165, 1.54) is 0 Å². The number of aryl methyl sites for hydroxylation is 1. The third-order valence-corrected chi connectivity index (χ3v) is 6.18. The fourth-order valence-electron chi connectivity index (χ4n) is 4.27. The van der Waals surface area contributed by atoms with Crippen LogP contribution < -0.4 is 10.6 Å². The molecule has 0 saturated carbocycles. The van der Waals surface area contributed by atoms with Crippen molar-refractivity contribution in [1.29, 1.82) is 0 Å². The second kappa shape index (κ2) is 8.48. The third kappa shape index (κ3) is 4.05. The Morgan fingerprint density at radius 2 is 1.67 bits per heavy atom. The molecule has 0 atom stereocenters. The first kappa shape index (κ1) is 20.4. The molecule has 30 heavy (non-hydrogen) atoms. The van der Waals surface area contributed by atoms with E-state index in [1.54, 1.807) is 40.1 Å². The SMILES string of the molecule is NC(=O)C1CCN(C(=O)c2ccc3c(c2)CCCN3C(=O)c2cccc(Cl)c2)CC1. The number of benzene rings is 2. The van der Waals surface area contributed by atoms with Gasteiger partial charge in [0.1, 0.15) is 0 Å². The van der Waals surface area contributed by atoms with Crippen LogP contribution in [0.15, 0.2) is 42.5 Å². The Bertz CT molecular complexity index is 999. The molecule has 2 aliphatic rings.